The predicted octanol–water partition coefficient (Wildman–Crippen LogP) is 4.11. The normalized spacial score (nSPS) is 11.3. The lowest BCUT2D eigenvalue weighted by molar-refractivity contribution is -0.117. The van der Waals surface area contributed by atoms with Crippen molar-refractivity contribution in [2.24, 2.45) is 0 Å². The highest BCUT2D eigenvalue weighted by Gasteiger charge is 2.21. The van der Waals surface area contributed by atoms with E-state index < -0.39 is 12.1 Å². The Kier molecular flexibility index (Phi) is 6.59. The van der Waals surface area contributed by atoms with Crippen molar-refractivity contribution in [3.05, 3.63) is 89.7 Å². The number of anilines is 2. The smallest absolute Gasteiger partial charge is 0.319 e. The van der Waals surface area contributed by atoms with E-state index in [1.165, 1.54) is 0 Å². The summed E-state index contributed by atoms with van der Waals surface area (Å²) >= 11 is 5.86. The van der Waals surface area contributed by atoms with Gasteiger partial charge in [-0.2, -0.15) is 0 Å². The van der Waals surface area contributed by atoms with Crippen molar-refractivity contribution in [2.75, 3.05) is 10.6 Å². The molecule has 0 saturated carbocycles. The van der Waals surface area contributed by atoms with Gasteiger partial charge in [0.05, 0.1) is 0 Å². The summed E-state index contributed by atoms with van der Waals surface area (Å²) in [6.07, 6.45) is 3.52. The number of carbonyl (C=O) groups is 2. The molecule has 0 aliphatic heterocycles. The standard InChI is InChI=1S/C21H19ClN4O2/c22-16-6-8-17(9-7-16)25-21(28)26-19(14-15-4-2-1-3-5-15)20(27)24-18-10-12-23-13-11-18/h1-13,19H,14H2,(H,23,24,27)(H2,25,26,28)/t19-/m0/s1. The molecule has 6 nitrogen and oxygen atoms in total. The predicted molar refractivity (Wildman–Crippen MR) is 110 cm³/mol. The number of hydrogen-bond acceptors (Lipinski definition) is 3. The van der Waals surface area contributed by atoms with Crippen LogP contribution in [-0.2, 0) is 11.2 Å². The molecule has 1 aromatic heterocycles. The van der Waals surface area contributed by atoms with Crippen LogP contribution in [0.3, 0.4) is 0 Å². The van der Waals surface area contributed by atoms with Crippen LogP contribution in [0.4, 0.5) is 16.2 Å². The minimum absolute atomic E-state index is 0.318. The van der Waals surface area contributed by atoms with E-state index >= 15 is 0 Å². The first-order chi connectivity index (χ1) is 13.6. The van der Waals surface area contributed by atoms with Gasteiger partial charge in [-0.05, 0) is 42.0 Å². The number of rotatable bonds is 6. The second-order valence-corrected chi connectivity index (χ2v) is 6.51. The molecule has 3 N–H and O–H groups in total. The molecule has 0 aliphatic carbocycles. The lowest BCUT2D eigenvalue weighted by atomic mass is 10.1. The summed E-state index contributed by atoms with van der Waals surface area (Å²) in [6.45, 7) is 0. The number of urea groups is 1. The second kappa shape index (κ2) is 9.53. The molecule has 0 radical (unpaired) electrons. The summed E-state index contributed by atoms with van der Waals surface area (Å²) in [5.74, 6) is -0.318. The van der Waals surface area contributed by atoms with E-state index in [1.54, 1.807) is 48.8 Å². The van der Waals surface area contributed by atoms with Gasteiger partial charge < -0.3 is 16.0 Å². The lowest BCUT2D eigenvalue weighted by Gasteiger charge is -2.19. The summed E-state index contributed by atoms with van der Waals surface area (Å²) in [7, 11) is 0. The van der Waals surface area contributed by atoms with Gasteiger partial charge in [0, 0.05) is 35.2 Å². The molecule has 3 rings (SSSR count). The molecule has 0 aliphatic rings. The number of nitrogens with zero attached hydrogens (tertiary/aromatic N) is 1. The zero-order valence-electron chi connectivity index (χ0n) is 14.9. The number of nitrogens with one attached hydrogen (secondary N) is 3. The van der Waals surface area contributed by atoms with Crippen LogP contribution in [0.2, 0.25) is 5.02 Å². The van der Waals surface area contributed by atoms with Crippen molar-refractivity contribution in [1.82, 2.24) is 10.3 Å². The summed E-state index contributed by atoms with van der Waals surface area (Å²) in [5.41, 5.74) is 2.12. The maximum atomic E-state index is 12.8. The molecule has 1 heterocycles. The van der Waals surface area contributed by atoms with E-state index in [0.717, 1.165) is 5.56 Å². The SMILES string of the molecule is O=C(Nc1ccc(Cl)cc1)N[C@@H](Cc1ccccc1)C(=O)Nc1ccncc1. The van der Waals surface area contributed by atoms with Gasteiger partial charge in [-0.3, -0.25) is 9.78 Å². The van der Waals surface area contributed by atoms with Crippen LogP contribution in [0.25, 0.3) is 0 Å². The van der Waals surface area contributed by atoms with Crippen molar-refractivity contribution >= 4 is 34.9 Å². The number of hydrogen-bond donors (Lipinski definition) is 3. The number of benzene rings is 2. The average Bonchev–Trinajstić information content (AvgIpc) is 2.71. The average molecular weight is 395 g/mol. The maximum Gasteiger partial charge on any atom is 0.319 e. The fourth-order valence-corrected chi connectivity index (χ4v) is 2.71. The number of carbonyl (C=O) groups excluding carboxylic acids is 2. The van der Waals surface area contributed by atoms with Crippen molar-refractivity contribution in [3.8, 4) is 0 Å². The monoisotopic (exact) mass is 394 g/mol. The molecule has 1 atom stereocenters. The Hall–Kier alpha value is -3.38. The maximum absolute atomic E-state index is 12.8. The Morgan fingerprint density at radius 3 is 2.18 bits per heavy atom. The van der Waals surface area contributed by atoms with E-state index in [-0.39, 0.29) is 5.91 Å². The summed E-state index contributed by atoms with van der Waals surface area (Å²) in [4.78, 5) is 29.1. The van der Waals surface area contributed by atoms with Gasteiger partial charge in [-0.25, -0.2) is 4.79 Å². The Bertz CT molecular complexity index is 918. The van der Waals surface area contributed by atoms with Gasteiger partial charge in [-0.15, -0.1) is 0 Å². The van der Waals surface area contributed by atoms with E-state index in [1.807, 2.05) is 30.3 Å². The Morgan fingerprint density at radius 1 is 0.857 bits per heavy atom. The van der Waals surface area contributed by atoms with Crippen LogP contribution in [0.5, 0.6) is 0 Å². The van der Waals surface area contributed by atoms with Crippen LogP contribution >= 0.6 is 11.6 Å². The highest BCUT2D eigenvalue weighted by Crippen LogP contribution is 2.13. The van der Waals surface area contributed by atoms with Crippen LogP contribution in [0.1, 0.15) is 5.56 Å². The summed E-state index contributed by atoms with van der Waals surface area (Å²) in [6, 6.07) is 18.3. The second-order valence-electron chi connectivity index (χ2n) is 6.07. The van der Waals surface area contributed by atoms with Crippen molar-refractivity contribution < 1.29 is 9.59 Å². The molecular formula is C21H19ClN4O2. The highest BCUT2D eigenvalue weighted by atomic mass is 35.5. The zero-order valence-corrected chi connectivity index (χ0v) is 15.7. The van der Waals surface area contributed by atoms with Crippen molar-refractivity contribution in [2.45, 2.75) is 12.5 Å². The van der Waals surface area contributed by atoms with E-state index in [9.17, 15) is 9.59 Å². The zero-order chi connectivity index (χ0) is 19.8. The van der Waals surface area contributed by atoms with Gasteiger partial charge in [-0.1, -0.05) is 41.9 Å². The number of amides is 3. The molecule has 0 spiro atoms. The van der Waals surface area contributed by atoms with Gasteiger partial charge in [0.25, 0.3) is 0 Å². The van der Waals surface area contributed by atoms with E-state index in [2.05, 4.69) is 20.9 Å². The molecule has 2 aromatic carbocycles. The quantitative estimate of drug-likeness (QED) is 0.588. The molecular weight excluding hydrogens is 376 g/mol. The molecule has 0 fully saturated rings. The van der Waals surface area contributed by atoms with Gasteiger partial charge >= 0.3 is 6.03 Å². The van der Waals surface area contributed by atoms with Crippen molar-refractivity contribution in [1.29, 1.82) is 0 Å². The van der Waals surface area contributed by atoms with Crippen LogP contribution in [0.15, 0.2) is 79.1 Å². The molecule has 7 heteroatoms. The third-order valence-corrected chi connectivity index (χ3v) is 4.21. The minimum Gasteiger partial charge on any atom is -0.326 e. The Morgan fingerprint density at radius 2 is 1.50 bits per heavy atom. The largest absolute Gasteiger partial charge is 0.326 e. The first kappa shape index (κ1) is 19.4. The fraction of sp³-hybridized carbons (Fsp3) is 0.0952. The summed E-state index contributed by atoms with van der Waals surface area (Å²) in [5, 5.41) is 8.82. The van der Waals surface area contributed by atoms with E-state index in [4.69, 9.17) is 11.6 Å². The molecule has 3 aromatic rings. The van der Waals surface area contributed by atoms with Gasteiger partial charge in [0.15, 0.2) is 0 Å². The third-order valence-electron chi connectivity index (χ3n) is 3.95. The molecule has 0 unspecified atom stereocenters. The van der Waals surface area contributed by atoms with Gasteiger partial charge in [0.1, 0.15) is 6.04 Å². The third kappa shape index (κ3) is 5.82. The molecule has 0 bridgehead atoms. The fourth-order valence-electron chi connectivity index (χ4n) is 2.58. The molecule has 142 valence electrons. The van der Waals surface area contributed by atoms with Crippen LogP contribution in [0, 0.1) is 0 Å². The molecule has 28 heavy (non-hydrogen) atoms. The Balaban J connectivity index is 1.70. The van der Waals surface area contributed by atoms with Crippen LogP contribution < -0.4 is 16.0 Å². The topological polar surface area (TPSA) is 83.1 Å². The lowest BCUT2D eigenvalue weighted by Crippen LogP contribution is -2.46. The number of halogens is 1. The molecule has 0 saturated heterocycles. The number of pyridine rings is 1. The van der Waals surface area contributed by atoms with Gasteiger partial charge in [0.2, 0.25) is 5.91 Å². The minimum atomic E-state index is -0.761. The first-order valence-electron chi connectivity index (χ1n) is 8.68. The van der Waals surface area contributed by atoms with Crippen molar-refractivity contribution in [3.63, 3.8) is 0 Å². The molecule has 3 amide bonds. The first-order valence-corrected chi connectivity index (χ1v) is 9.06. The number of aromatic nitrogens is 1. The Labute approximate surface area is 168 Å². The highest BCUT2D eigenvalue weighted by molar-refractivity contribution is 6.30. The van der Waals surface area contributed by atoms with Crippen LogP contribution in [-0.4, -0.2) is 23.0 Å². The van der Waals surface area contributed by atoms with E-state index in [0.29, 0.717) is 22.8 Å². The summed E-state index contributed by atoms with van der Waals surface area (Å²) < 4.78 is 0.